The van der Waals surface area contributed by atoms with E-state index in [1.165, 1.54) is 32.2 Å². The van der Waals surface area contributed by atoms with Gasteiger partial charge in [-0.25, -0.2) is 0 Å². The molecule has 1 amide bonds. The Morgan fingerprint density at radius 3 is 1.97 bits per heavy atom. The van der Waals surface area contributed by atoms with Gasteiger partial charge in [-0.1, -0.05) is 12.1 Å². The highest BCUT2D eigenvalue weighted by atomic mass is 32.2. The van der Waals surface area contributed by atoms with Crippen molar-refractivity contribution in [2.45, 2.75) is 51.2 Å². The van der Waals surface area contributed by atoms with E-state index in [4.69, 9.17) is 14.0 Å². The van der Waals surface area contributed by atoms with Gasteiger partial charge >= 0.3 is 0 Å². The van der Waals surface area contributed by atoms with Crippen molar-refractivity contribution in [2.75, 3.05) is 19.5 Å². The number of anilines is 1. The van der Waals surface area contributed by atoms with Crippen LogP contribution < -0.4 is 5.32 Å². The fourth-order valence-electron chi connectivity index (χ4n) is 2.36. The van der Waals surface area contributed by atoms with Crippen molar-refractivity contribution in [3.8, 4) is 0 Å². The van der Waals surface area contributed by atoms with Crippen LogP contribution in [0, 0.1) is 5.92 Å². The Balaban J connectivity index is 0. The molecule has 11 heteroatoms. The lowest BCUT2D eigenvalue weighted by atomic mass is 9.98. The first-order valence-electron chi connectivity index (χ1n) is 8.77. The minimum Gasteiger partial charge on any atom is -0.381 e. The minimum atomic E-state index is -4.48. The number of hydrogen-bond acceptors (Lipinski definition) is 7. The van der Waals surface area contributed by atoms with E-state index in [2.05, 4.69) is 5.32 Å². The van der Waals surface area contributed by atoms with E-state index in [0.29, 0.717) is 6.42 Å². The fraction of sp³-hybridized carbons (Fsp3) is 0.526. The molecule has 1 aromatic rings. The summed E-state index contributed by atoms with van der Waals surface area (Å²) in [5.74, 6) is -2.01. The van der Waals surface area contributed by atoms with E-state index in [9.17, 15) is 22.8 Å². The maximum absolute atomic E-state index is 12.1. The second-order valence-corrected chi connectivity index (χ2v) is 7.83. The third kappa shape index (κ3) is 10.5. The summed E-state index contributed by atoms with van der Waals surface area (Å²) < 4.78 is 41.4. The SMILES string of the molecule is COC(C)C(C(C)=O)C(=O)Nc1ccccc1S(=O)(=O)O.COC(C)CC(C)=O.F. The average Bonchev–Trinajstić information content (AvgIpc) is 2.60. The largest absolute Gasteiger partial charge is 0.381 e. The molecular formula is C19H30FNO8S. The molecule has 3 unspecified atom stereocenters. The molecule has 1 rings (SSSR count). The van der Waals surface area contributed by atoms with Gasteiger partial charge in [-0.15, -0.1) is 0 Å². The zero-order valence-corrected chi connectivity index (χ0v) is 18.7. The van der Waals surface area contributed by atoms with Crippen molar-refractivity contribution in [3.05, 3.63) is 24.3 Å². The highest BCUT2D eigenvalue weighted by Crippen LogP contribution is 2.22. The van der Waals surface area contributed by atoms with Crippen LogP contribution in [0.3, 0.4) is 0 Å². The van der Waals surface area contributed by atoms with Crippen molar-refractivity contribution < 1.29 is 41.5 Å². The Morgan fingerprint density at radius 2 is 1.60 bits per heavy atom. The number of methoxy groups -OCH3 is 2. The Labute approximate surface area is 176 Å². The van der Waals surface area contributed by atoms with Crippen LogP contribution in [0.1, 0.15) is 34.1 Å². The molecule has 30 heavy (non-hydrogen) atoms. The molecule has 0 aliphatic heterocycles. The Kier molecular flexibility index (Phi) is 13.9. The van der Waals surface area contributed by atoms with E-state index in [0.717, 1.165) is 6.07 Å². The van der Waals surface area contributed by atoms with Gasteiger partial charge in [0.05, 0.1) is 17.9 Å². The van der Waals surface area contributed by atoms with Crippen LogP contribution in [0.5, 0.6) is 0 Å². The smallest absolute Gasteiger partial charge is 0.296 e. The zero-order chi connectivity index (χ0) is 22.8. The standard InChI is InChI=1S/C13H17NO6S.C6H12O2.FH/c1-8(15)12(9(2)20-3)13(16)14-10-6-4-5-7-11(10)21(17,18)19;1-5(7)4-6(2)8-3;/h4-7,9,12H,1-3H3,(H,14,16)(H,17,18,19);6H,4H2,1-3H3;1H. The Hall–Kier alpha value is -2.21. The number of hydrogen-bond donors (Lipinski definition) is 2. The molecule has 172 valence electrons. The highest BCUT2D eigenvalue weighted by molar-refractivity contribution is 7.86. The van der Waals surface area contributed by atoms with Crippen LogP contribution in [-0.2, 0) is 34.0 Å². The summed E-state index contributed by atoms with van der Waals surface area (Å²) in [7, 11) is -1.52. The van der Waals surface area contributed by atoms with Crippen molar-refractivity contribution >= 4 is 33.3 Å². The highest BCUT2D eigenvalue weighted by Gasteiger charge is 2.30. The van der Waals surface area contributed by atoms with Gasteiger partial charge in [0, 0.05) is 20.6 Å². The third-order valence-corrected chi connectivity index (χ3v) is 4.87. The average molecular weight is 452 g/mol. The molecule has 9 nitrogen and oxygen atoms in total. The third-order valence-electron chi connectivity index (χ3n) is 3.96. The second kappa shape index (κ2) is 13.9. The fourth-order valence-corrected chi connectivity index (χ4v) is 3.01. The number of rotatable bonds is 9. The minimum absolute atomic E-state index is 0. The maximum Gasteiger partial charge on any atom is 0.296 e. The van der Waals surface area contributed by atoms with E-state index in [-0.39, 0.29) is 22.3 Å². The summed E-state index contributed by atoms with van der Waals surface area (Å²) in [5.41, 5.74) is -0.0976. The van der Waals surface area contributed by atoms with Gasteiger partial charge in [0.15, 0.2) is 0 Å². The number of nitrogens with one attached hydrogen (secondary N) is 1. The second-order valence-electron chi connectivity index (χ2n) is 6.44. The summed E-state index contributed by atoms with van der Waals surface area (Å²) in [5, 5.41) is 2.33. The first kappa shape index (κ1) is 30.0. The number of amides is 1. The first-order chi connectivity index (χ1) is 13.3. The molecule has 0 radical (unpaired) electrons. The van der Waals surface area contributed by atoms with Crippen molar-refractivity contribution in [2.24, 2.45) is 5.92 Å². The van der Waals surface area contributed by atoms with Crippen LogP contribution in [0.2, 0.25) is 0 Å². The molecule has 0 bridgehead atoms. The van der Waals surface area contributed by atoms with E-state index in [1.54, 1.807) is 21.0 Å². The number of ketones is 2. The van der Waals surface area contributed by atoms with Gasteiger partial charge < -0.3 is 14.8 Å². The first-order valence-corrected chi connectivity index (χ1v) is 10.2. The van der Waals surface area contributed by atoms with Crippen molar-refractivity contribution in [1.29, 1.82) is 0 Å². The maximum atomic E-state index is 12.1. The van der Waals surface area contributed by atoms with Gasteiger partial charge in [0.1, 0.15) is 22.4 Å². The monoisotopic (exact) mass is 451 g/mol. The van der Waals surface area contributed by atoms with Crippen molar-refractivity contribution in [1.82, 2.24) is 0 Å². The Bertz CT molecular complexity index is 813. The van der Waals surface area contributed by atoms with Gasteiger partial charge in [0.2, 0.25) is 5.91 Å². The molecule has 0 aromatic heterocycles. The van der Waals surface area contributed by atoms with Gasteiger partial charge in [0.25, 0.3) is 10.1 Å². The number of halogens is 1. The van der Waals surface area contributed by atoms with Crippen LogP contribution in [0.15, 0.2) is 29.2 Å². The molecule has 0 aliphatic rings. The number of carbonyl (C=O) groups excluding carboxylic acids is 3. The molecule has 0 heterocycles. The van der Waals surface area contributed by atoms with Gasteiger partial charge in [-0.2, -0.15) is 8.42 Å². The van der Waals surface area contributed by atoms with Crippen molar-refractivity contribution in [3.63, 3.8) is 0 Å². The van der Waals surface area contributed by atoms with Gasteiger partial charge in [-0.3, -0.25) is 23.6 Å². The lowest BCUT2D eigenvalue weighted by Gasteiger charge is -2.20. The summed E-state index contributed by atoms with van der Waals surface area (Å²) in [4.78, 5) is 33.6. The molecule has 2 N–H and O–H groups in total. The summed E-state index contributed by atoms with van der Waals surface area (Å²) in [6.45, 7) is 6.24. The quantitative estimate of drug-likeness (QED) is 0.431. The van der Waals surface area contributed by atoms with Crippen LogP contribution in [0.25, 0.3) is 0 Å². The van der Waals surface area contributed by atoms with Gasteiger partial charge in [-0.05, 0) is 39.8 Å². The topological polar surface area (TPSA) is 136 Å². The molecular weight excluding hydrogens is 421 g/mol. The summed E-state index contributed by atoms with van der Waals surface area (Å²) in [6, 6.07) is 5.36. The predicted molar refractivity (Wildman–Crippen MR) is 110 cm³/mol. The number of ether oxygens (including phenoxy) is 2. The number of Topliss-reactive ketones (excluding diaryl/α,β-unsaturated/α-hetero) is 2. The molecule has 0 fully saturated rings. The van der Waals surface area contributed by atoms with E-state index in [1.807, 2.05) is 6.92 Å². The van der Waals surface area contributed by atoms with E-state index >= 15 is 0 Å². The normalized spacial score (nSPS) is 13.6. The zero-order valence-electron chi connectivity index (χ0n) is 17.9. The molecule has 0 aliphatic carbocycles. The lowest BCUT2D eigenvalue weighted by Crippen LogP contribution is -2.37. The van der Waals surface area contributed by atoms with Crippen LogP contribution in [-0.4, -0.2) is 56.9 Å². The Morgan fingerprint density at radius 1 is 1.07 bits per heavy atom. The predicted octanol–water partition coefficient (Wildman–Crippen LogP) is 2.26. The number of benzene rings is 1. The van der Waals surface area contributed by atoms with E-state index < -0.39 is 38.7 Å². The number of carbonyl (C=O) groups is 3. The van der Waals surface area contributed by atoms with Crippen LogP contribution in [0.4, 0.5) is 10.4 Å². The summed E-state index contributed by atoms with van der Waals surface area (Å²) >= 11 is 0. The molecule has 0 spiro atoms. The molecule has 3 atom stereocenters. The lowest BCUT2D eigenvalue weighted by molar-refractivity contribution is -0.135. The van der Waals surface area contributed by atoms with Crippen LogP contribution >= 0.6 is 0 Å². The number of para-hydroxylation sites is 1. The molecule has 0 saturated heterocycles. The molecule has 0 saturated carbocycles. The molecule has 1 aromatic carbocycles. The summed E-state index contributed by atoms with van der Waals surface area (Å²) in [6.07, 6.45) is -0.0656.